The number of rotatable bonds is 7. The first kappa shape index (κ1) is 15.6. The highest BCUT2D eigenvalue weighted by atomic mass is 32.2. The summed E-state index contributed by atoms with van der Waals surface area (Å²) in [4.78, 5) is 2.08. The van der Waals surface area contributed by atoms with E-state index in [0.717, 1.165) is 24.3 Å². The van der Waals surface area contributed by atoms with E-state index in [2.05, 4.69) is 10.2 Å². The molecule has 5 heteroatoms. The molecule has 112 valence electrons. The Hall–Kier alpha value is -0.780. The molecule has 1 aliphatic rings. The fourth-order valence-corrected chi connectivity index (χ4v) is 3.65. The first-order chi connectivity index (χ1) is 9.72. The minimum Gasteiger partial charge on any atom is -0.383 e. The van der Waals surface area contributed by atoms with Gasteiger partial charge in [-0.2, -0.15) is 11.8 Å². The van der Waals surface area contributed by atoms with E-state index in [0.29, 0.717) is 24.9 Å². The van der Waals surface area contributed by atoms with Crippen LogP contribution >= 0.6 is 11.8 Å². The fraction of sp³-hybridized carbons (Fsp3) is 0.600. The van der Waals surface area contributed by atoms with E-state index in [1.807, 2.05) is 30.9 Å². The molecule has 1 N–H and O–H groups in total. The zero-order valence-electron chi connectivity index (χ0n) is 12.2. The Labute approximate surface area is 124 Å². The van der Waals surface area contributed by atoms with Gasteiger partial charge in [0.1, 0.15) is 5.82 Å². The molecule has 1 aromatic carbocycles. The van der Waals surface area contributed by atoms with Gasteiger partial charge in [-0.3, -0.25) is 0 Å². The molecule has 1 fully saturated rings. The summed E-state index contributed by atoms with van der Waals surface area (Å²) in [6.07, 6.45) is 1.14. The van der Waals surface area contributed by atoms with Crippen molar-refractivity contribution in [2.75, 3.05) is 43.7 Å². The van der Waals surface area contributed by atoms with E-state index in [-0.39, 0.29) is 5.82 Å². The average Bonchev–Trinajstić information content (AvgIpc) is 2.97. The maximum atomic E-state index is 14.2. The molecule has 0 amide bonds. The smallest absolute Gasteiger partial charge is 0.146 e. The first-order valence-corrected chi connectivity index (χ1v) is 8.16. The number of thioether (sulfide) groups is 1. The second-order valence-corrected chi connectivity index (χ2v) is 6.23. The molecule has 20 heavy (non-hydrogen) atoms. The molecule has 1 aliphatic heterocycles. The quantitative estimate of drug-likeness (QED) is 0.782. The van der Waals surface area contributed by atoms with Crippen LogP contribution in [0.4, 0.5) is 10.1 Å². The number of nitrogens with zero attached hydrogens (tertiary/aromatic N) is 1. The molecule has 1 unspecified atom stereocenters. The molecule has 1 aromatic rings. The molecule has 0 saturated carbocycles. The summed E-state index contributed by atoms with van der Waals surface area (Å²) in [5.41, 5.74) is 1.68. The molecule has 0 aliphatic carbocycles. The number of hydrogen-bond donors (Lipinski definition) is 1. The Morgan fingerprint density at radius 2 is 2.35 bits per heavy atom. The van der Waals surface area contributed by atoms with Gasteiger partial charge in [0.15, 0.2) is 0 Å². The van der Waals surface area contributed by atoms with Gasteiger partial charge in [0, 0.05) is 39.0 Å². The van der Waals surface area contributed by atoms with Crippen LogP contribution in [0.3, 0.4) is 0 Å². The van der Waals surface area contributed by atoms with Gasteiger partial charge in [-0.1, -0.05) is 6.07 Å². The van der Waals surface area contributed by atoms with E-state index in [1.54, 1.807) is 13.2 Å². The summed E-state index contributed by atoms with van der Waals surface area (Å²) in [5, 5.41) is 3.23. The summed E-state index contributed by atoms with van der Waals surface area (Å²) in [5.74, 6) is 2.14. The summed E-state index contributed by atoms with van der Waals surface area (Å²) in [6.45, 7) is 2.12. The van der Waals surface area contributed by atoms with Gasteiger partial charge in [-0.25, -0.2) is 4.39 Å². The van der Waals surface area contributed by atoms with Crippen molar-refractivity contribution in [3.8, 4) is 0 Å². The lowest BCUT2D eigenvalue weighted by Crippen LogP contribution is -2.32. The van der Waals surface area contributed by atoms with Crippen molar-refractivity contribution in [1.29, 1.82) is 0 Å². The van der Waals surface area contributed by atoms with Crippen LogP contribution in [0.2, 0.25) is 0 Å². The van der Waals surface area contributed by atoms with Crippen LogP contribution in [0, 0.1) is 5.82 Å². The van der Waals surface area contributed by atoms with Gasteiger partial charge in [0.25, 0.3) is 0 Å². The van der Waals surface area contributed by atoms with Gasteiger partial charge >= 0.3 is 0 Å². The third kappa shape index (κ3) is 4.11. The molecule has 1 saturated heterocycles. The first-order valence-electron chi connectivity index (χ1n) is 7.01. The number of nitrogens with one attached hydrogen (secondary N) is 1. The standard InChI is InChI=1S/C15H23FN2OS/c1-18(13-5-8-20-11-13)15-4-3-12(9-14(15)16)10-17-6-7-19-2/h3-4,9,13,17H,5-8,10-11H2,1-2H3. The van der Waals surface area contributed by atoms with Crippen molar-refractivity contribution in [3.63, 3.8) is 0 Å². The molecular weight excluding hydrogens is 275 g/mol. The Morgan fingerprint density at radius 3 is 3.00 bits per heavy atom. The zero-order valence-corrected chi connectivity index (χ0v) is 13.0. The Balaban J connectivity index is 1.94. The van der Waals surface area contributed by atoms with Crippen molar-refractivity contribution < 1.29 is 9.13 Å². The number of anilines is 1. The monoisotopic (exact) mass is 298 g/mol. The highest BCUT2D eigenvalue weighted by Crippen LogP contribution is 2.28. The summed E-state index contributed by atoms with van der Waals surface area (Å²) < 4.78 is 19.2. The molecule has 1 atom stereocenters. The SMILES string of the molecule is COCCNCc1ccc(N(C)C2CCSC2)c(F)c1. The lowest BCUT2D eigenvalue weighted by Gasteiger charge is -2.26. The molecule has 2 rings (SSSR count). The second-order valence-electron chi connectivity index (χ2n) is 5.08. The molecule has 0 spiro atoms. The van der Waals surface area contributed by atoms with Gasteiger partial charge < -0.3 is 15.0 Å². The normalized spacial score (nSPS) is 18.4. The third-order valence-corrected chi connectivity index (χ3v) is 4.80. The second kappa shape index (κ2) is 7.86. The number of ether oxygens (including phenoxy) is 1. The molecule has 1 heterocycles. The van der Waals surface area contributed by atoms with Gasteiger partial charge in [-0.15, -0.1) is 0 Å². The summed E-state index contributed by atoms with van der Waals surface area (Å²) in [6, 6.07) is 5.98. The Kier molecular flexibility index (Phi) is 6.13. The minimum atomic E-state index is -0.129. The van der Waals surface area contributed by atoms with Gasteiger partial charge in [-0.05, 0) is 29.9 Å². The van der Waals surface area contributed by atoms with Crippen LogP contribution in [0.5, 0.6) is 0 Å². The van der Waals surface area contributed by atoms with Crippen LogP contribution < -0.4 is 10.2 Å². The molecular formula is C15H23FN2OS. The molecule has 0 aromatic heterocycles. The van der Waals surface area contributed by atoms with E-state index >= 15 is 0 Å². The van der Waals surface area contributed by atoms with E-state index in [9.17, 15) is 4.39 Å². The third-order valence-electron chi connectivity index (χ3n) is 3.66. The van der Waals surface area contributed by atoms with E-state index in [1.165, 1.54) is 5.75 Å². The van der Waals surface area contributed by atoms with Crippen molar-refractivity contribution >= 4 is 17.4 Å². The van der Waals surface area contributed by atoms with Crippen LogP contribution in [-0.2, 0) is 11.3 Å². The van der Waals surface area contributed by atoms with Crippen molar-refractivity contribution in [3.05, 3.63) is 29.6 Å². The lowest BCUT2D eigenvalue weighted by atomic mass is 10.1. The highest BCUT2D eigenvalue weighted by Gasteiger charge is 2.22. The van der Waals surface area contributed by atoms with Gasteiger partial charge in [0.2, 0.25) is 0 Å². The topological polar surface area (TPSA) is 24.5 Å². The van der Waals surface area contributed by atoms with E-state index in [4.69, 9.17) is 4.74 Å². The predicted molar refractivity (Wildman–Crippen MR) is 84.1 cm³/mol. The predicted octanol–water partition coefficient (Wildman–Crippen LogP) is 2.50. The average molecular weight is 298 g/mol. The minimum absolute atomic E-state index is 0.129. The number of benzene rings is 1. The van der Waals surface area contributed by atoms with Crippen LogP contribution in [0.1, 0.15) is 12.0 Å². The molecule has 3 nitrogen and oxygen atoms in total. The maximum Gasteiger partial charge on any atom is 0.146 e. The number of halogens is 1. The molecule has 0 bridgehead atoms. The number of hydrogen-bond acceptors (Lipinski definition) is 4. The van der Waals surface area contributed by atoms with E-state index < -0.39 is 0 Å². The Bertz CT molecular complexity index is 424. The highest BCUT2D eigenvalue weighted by molar-refractivity contribution is 7.99. The lowest BCUT2D eigenvalue weighted by molar-refractivity contribution is 0.199. The summed E-state index contributed by atoms with van der Waals surface area (Å²) >= 11 is 1.94. The largest absolute Gasteiger partial charge is 0.383 e. The molecule has 0 radical (unpaired) electrons. The fourth-order valence-electron chi connectivity index (χ4n) is 2.38. The van der Waals surface area contributed by atoms with Crippen LogP contribution in [-0.4, -0.2) is 44.9 Å². The maximum absolute atomic E-state index is 14.2. The van der Waals surface area contributed by atoms with Crippen molar-refractivity contribution in [2.24, 2.45) is 0 Å². The summed E-state index contributed by atoms with van der Waals surface area (Å²) in [7, 11) is 3.67. The van der Waals surface area contributed by atoms with Crippen LogP contribution in [0.25, 0.3) is 0 Å². The van der Waals surface area contributed by atoms with Crippen molar-refractivity contribution in [2.45, 2.75) is 19.0 Å². The van der Waals surface area contributed by atoms with Crippen molar-refractivity contribution in [1.82, 2.24) is 5.32 Å². The zero-order chi connectivity index (χ0) is 14.4. The Morgan fingerprint density at radius 1 is 1.50 bits per heavy atom. The number of methoxy groups -OCH3 is 1. The van der Waals surface area contributed by atoms with Crippen LogP contribution in [0.15, 0.2) is 18.2 Å². The van der Waals surface area contributed by atoms with Gasteiger partial charge in [0.05, 0.1) is 12.3 Å².